The van der Waals surface area contributed by atoms with Crippen LogP contribution in [0.1, 0.15) is 50.5 Å². The number of hydrogen-bond acceptors (Lipinski definition) is 3. The maximum atomic E-state index is 12.4. The van der Waals surface area contributed by atoms with Gasteiger partial charge in [-0.25, -0.2) is 0 Å². The summed E-state index contributed by atoms with van der Waals surface area (Å²) in [7, 11) is 0. The SMILES string of the molecule is Cc1ccc(NC(=O)COC(=O)CC23CC4CC(CC(C4)C2)C3)c(Br)c1. The summed E-state index contributed by atoms with van der Waals surface area (Å²) in [5, 5.41) is 2.79. The molecule has 0 radical (unpaired) electrons. The number of aryl methyl sites for hydroxylation is 1. The van der Waals surface area contributed by atoms with Crippen LogP contribution in [0.3, 0.4) is 0 Å². The van der Waals surface area contributed by atoms with Gasteiger partial charge in [0.25, 0.3) is 5.91 Å². The fourth-order valence-corrected chi connectivity index (χ4v) is 6.51. The molecule has 0 unspecified atom stereocenters. The number of hydrogen-bond donors (Lipinski definition) is 1. The van der Waals surface area contributed by atoms with Crippen LogP contribution in [0.5, 0.6) is 0 Å². The first kappa shape index (κ1) is 18.0. The molecular weight excluding hydrogens is 394 g/mol. The number of rotatable bonds is 5. The van der Waals surface area contributed by atoms with E-state index < -0.39 is 0 Å². The lowest BCUT2D eigenvalue weighted by molar-refractivity contribution is -0.154. The third-order valence-corrected chi connectivity index (χ3v) is 7.10. The van der Waals surface area contributed by atoms with Crippen LogP contribution in [0.15, 0.2) is 22.7 Å². The lowest BCUT2D eigenvalue weighted by Gasteiger charge is -2.56. The van der Waals surface area contributed by atoms with E-state index in [1.165, 1.54) is 38.5 Å². The molecule has 140 valence electrons. The number of ether oxygens (including phenoxy) is 1. The van der Waals surface area contributed by atoms with Gasteiger partial charge in [0, 0.05) is 4.47 Å². The van der Waals surface area contributed by atoms with E-state index in [9.17, 15) is 9.59 Å². The molecule has 0 saturated heterocycles. The number of anilines is 1. The van der Waals surface area contributed by atoms with E-state index in [1.54, 1.807) is 0 Å². The lowest BCUT2D eigenvalue weighted by atomic mass is 9.49. The zero-order valence-electron chi connectivity index (χ0n) is 15.2. The first-order valence-electron chi connectivity index (χ1n) is 9.62. The zero-order chi connectivity index (χ0) is 18.3. The first-order valence-corrected chi connectivity index (χ1v) is 10.4. The topological polar surface area (TPSA) is 55.4 Å². The van der Waals surface area contributed by atoms with Gasteiger partial charge in [0.05, 0.1) is 12.1 Å². The minimum atomic E-state index is -0.298. The smallest absolute Gasteiger partial charge is 0.306 e. The molecule has 4 aliphatic carbocycles. The van der Waals surface area contributed by atoms with Crippen molar-refractivity contribution in [3.63, 3.8) is 0 Å². The van der Waals surface area contributed by atoms with Gasteiger partial charge in [0.15, 0.2) is 6.61 Å². The zero-order valence-corrected chi connectivity index (χ0v) is 16.8. The molecule has 4 saturated carbocycles. The molecule has 4 bridgehead atoms. The molecule has 5 heteroatoms. The number of benzene rings is 1. The Bertz CT molecular complexity index is 695. The van der Waals surface area contributed by atoms with Crippen LogP contribution >= 0.6 is 15.9 Å². The van der Waals surface area contributed by atoms with Crippen LogP contribution in [0.2, 0.25) is 0 Å². The van der Waals surface area contributed by atoms with Gasteiger partial charge >= 0.3 is 5.97 Å². The normalized spacial score (nSPS) is 31.7. The molecule has 0 heterocycles. The van der Waals surface area contributed by atoms with Gasteiger partial charge in [-0.3, -0.25) is 9.59 Å². The maximum Gasteiger partial charge on any atom is 0.306 e. The molecule has 0 aliphatic heterocycles. The third kappa shape index (κ3) is 3.83. The Morgan fingerprint density at radius 2 is 1.77 bits per heavy atom. The standard InChI is InChI=1S/C21H26BrNO3/c1-13-2-3-18(17(22)4-13)23-19(24)12-26-20(25)11-21-8-14-5-15(9-21)7-16(6-14)10-21/h2-4,14-16H,5-12H2,1H3,(H,23,24). The summed E-state index contributed by atoms with van der Waals surface area (Å²) >= 11 is 3.44. The Balaban J connectivity index is 1.28. The van der Waals surface area contributed by atoms with E-state index >= 15 is 0 Å². The largest absolute Gasteiger partial charge is 0.456 e. The molecule has 1 amide bonds. The minimum Gasteiger partial charge on any atom is -0.456 e. The molecule has 0 spiro atoms. The van der Waals surface area contributed by atoms with Crippen LogP contribution in [0, 0.1) is 30.1 Å². The Morgan fingerprint density at radius 1 is 1.15 bits per heavy atom. The average Bonchev–Trinajstić information content (AvgIpc) is 2.54. The highest BCUT2D eigenvalue weighted by atomic mass is 79.9. The van der Waals surface area contributed by atoms with Crippen LogP contribution < -0.4 is 5.32 Å². The Labute approximate surface area is 163 Å². The van der Waals surface area contributed by atoms with Crippen LogP contribution in [-0.2, 0) is 14.3 Å². The molecule has 5 rings (SSSR count). The van der Waals surface area contributed by atoms with Crippen LogP contribution in [0.25, 0.3) is 0 Å². The molecule has 0 aromatic heterocycles. The minimum absolute atomic E-state index is 0.155. The molecule has 0 atom stereocenters. The molecular formula is C21H26BrNO3. The molecule has 4 nitrogen and oxygen atoms in total. The van der Waals surface area contributed by atoms with Crippen molar-refractivity contribution in [1.29, 1.82) is 0 Å². The van der Waals surface area contributed by atoms with E-state index in [0.29, 0.717) is 12.1 Å². The highest BCUT2D eigenvalue weighted by Crippen LogP contribution is 2.61. The number of nitrogens with one attached hydrogen (secondary N) is 1. The van der Waals surface area contributed by atoms with Crippen molar-refractivity contribution in [3.8, 4) is 0 Å². The molecule has 4 fully saturated rings. The van der Waals surface area contributed by atoms with Crippen molar-refractivity contribution in [2.24, 2.45) is 23.2 Å². The summed E-state index contributed by atoms with van der Waals surface area (Å²) < 4.78 is 6.14. The summed E-state index contributed by atoms with van der Waals surface area (Å²) in [4.78, 5) is 24.5. The van der Waals surface area contributed by atoms with Gasteiger partial charge in [-0.2, -0.15) is 0 Å². The number of carbonyl (C=O) groups is 2. The maximum absolute atomic E-state index is 12.4. The highest BCUT2D eigenvalue weighted by Gasteiger charge is 2.51. The summed E-state index contributed by atoms with van der Waals surface area (Å²) in [5.41, 5.74) is 1.96. The Kier molecular flexibility index (Phi) is 4.84. The second-order valence-corrected chi connectivity index (χ2v) is 9.64. The van der Waals surface area contributed by atoms with Gasteiger partial charge in [-0.1, -0.05) is 6.07 Å². The summed E-state index contributed by atoms with van der Waals surface area (Å²) in [6.45, 7) is 1.77. The number of carbonyl (C=O) groups excluding carboxylic acids is 2. The van der Waals surface area contributed by atoms with Crippen molar-refractivity contribution < 1.29 is 14.3 Å². The highest BCUT2D eigenvalue weighted by molar-refractivity contribution is 9.10. The predicted octanol–water partition coefficient (Wildman–Crippen LogP) is 4.85. The van der Waals surface area contributed by atoms with Crippen molar-refractivity contribution in [2.75, 3.05) is 11.9 Å². The van der Waals surface area contributed by atoms with Crippen LogP contribution in [-0.4, -0.2) is 18.5 Å². The van der Waals surface area contributed by atoms with Gasteiger partial charge < -0.3 is 10.1 Å². The Hall–Kier alpha value is -1.36. The Morgan fingerprint density at radius 3 is 2.35 bits per heavy atom. The second kappa shape index (κ2) is 6.99. The van der Waals surface area contributed by atoms with E-state index in [-0.39, 0.29) is 23.9 Å². The number of amides is 1. The molecule has 26 heavy (non-hydrogen) atoms. The fourth-order valence-electron chi connectivity index (χ4n) is 5.92. The van der Waals surface area contributed by atoms with Crippen molar-refractivity contribution in [2.45, 2.75) is 51.9 Å². The van der Waals surface area contributed by atoms with Gasteiger partial charge in [0.2, 0.25) is 0 Å². The quantitative estimate of drug-likeness (QED) is 0.694. The summed E-state index contributed by atoms with van der Waals surface area (Å²) in [5.74, 6) is 1.93. The van der Waals surface area contributed by atoms with Gasteiger partial charge in [-0.05, 0) is 102 Å². The summed E-state index contributed by atoms with van der Waals surface area (Å²) in [6.07, 6.45) is 8.11. The average molecular weight is 420 g/mol. The lowest BCUT2D eigenvalue weighted by Crippen LogP contribution is -2.47. The molecule has 4 aliphatic rings. The van der Waals surface area contributed by atoms with Gasteiger partial charge in [-0.15, -0.1) is 0 Å². The van der Waals surface area contributed by atoms with Crippen molar-refractivity contribution in [1.82, 2.24) is 0 Å². The first-order chi connectivity index (χ1) is 12.4. The van der Waals surface area contributed by atoms with E-state index in [2.05, 4.69) is 21.2 Å². The van der Waals surface area contributed by atoms with E-state index in [1.807, 2.05) is 25.1 Å². The number of halogens is 1. The molecule has 1 aromatic carbocycles. The van der Waals surface area contributed by atoms with Crippen molar-refractivity contribution >= 4 is 33.5 Å². The molecule has 1 N–H and O–H groups in total. The van der Waals surface area contributed by atoms with Gasteiger partial charge in [0.1, 0.15) is 0 Å². The van der Waals surface area contributed by atoms with Crippen LogP contribution in [0.4, 0.5) is 5.69 Å². The third-order valence-electron chi connectivity index (χ3n) is 6.45. The van der Waals surface area contributed by atoms with Crippen molar-refractivity contribution in [3.05, 3.63) is 28.2 Å². The monoisotopic (exact) mass is 419 g/mol. The number of esters is 1. The van der Waals surface area contributed by atoms with E-state index in [4.69, 9.17) is 4.74 Å². The predicted molar refractivity (Wildman–Crippen MR) is 104 cm³/mol. The molecule has 1 aromatic rings. The second-order valence-electron chi connectivity index (χ2n) is 8.79. The fraction of sp³-hybridized carbons (Fsp3) is 0.619. The van der Waals surface area contributed by atoms with E-state index in [0.717, 1.165) is 27.8 Å². The summed E-state index contributed by atoms with van der Waals surface area (Å²) in [6, 6.07) is 5.71.